The average molecular weight is 353 g/mol. The van der Waals surface area contributed by atoms with Crippen LogP contribution in [0.25, 0.3) is 0 Å². The van der Waals surface area contributed by atoms with Crippen molar-refractivity contribution in [2.45, 2.75) is 13.1 Å². The molecule has 0 fully saturated rings. The van der Waals surface area contributed by atoms with E-state index in [-0.39, 0.29) is 22.5 Å². The van der Waals surface area contributed by atoms with Crippen LogP contribution in [0.15, 0.2) is 34.8 Å². The lowest BCUT2D eigenvalue weighted by molar-refractivity contribution is 0.0763. The lowest BCUT2D eigenvalue weighted by Crippen LogP contribution is -2.24. The predicted molar refractivity (Wildman–Crippen MR) is 78.5 cm³/mol. The summed E-state index contributed by atoms with van der Waals surface area (Å²) in [6.07, 6.45) is 0. The zero-order valence-electron chi connectivity index (χ0n) is 10.9. The largest absolute Gasteiger partial charge is 0.399 e. The molecular formula is C15H11BrF2N2O. The van der Waals surface area contributed by atoms with Crippen molar-refractivity contribution in [3.8, 4) is 0 Å². The van der Waals surface area contributed by atoms with E-state index in [1.807, 2.05) is 0 Å². The SMILES string of the molecule is Nc1ccc2c(c1)C(=O)N(Cc1c(F)ccc(Br)c1F)C2. The lowest BCUT2D eigenvalue weighted by atomic mass is 10.1. The molecule has 1 aliphatic rings. The van der Waals surface area contributed by atoms with E-state index in [0.29, 0.717) is 17.8 Å². The highest BCUT2D eigenvalue weighted by atomic mass is 79.9. The molecule has 0 saturated heterocycles. The Morgan fingerprint density at radius 3 is 2.76 bits per heavy atom. The van der Waals surface area contributed by atoms with Gasteiger partial charge in [-0.05, 0) is 45.8 Å². The smallest absolute Gasteiger partial charge is 0.254 e. The summed E-state index contributed by atoms with van der Waals surface area (Å²) in [7, 11) is 0. The predicted octanol–water partition coefficient (Wildman–Crippen LogP) is 3.47. The highest BCUT2D eigenvalue weighted by molar-refractivity contribution is 9.10. The molecule has 2 N–H and O–H groups in total. The fourth-order valence-corrected chi connectivity index (χ4v) is 2.78. The molecule has 0 spiro atoms. The summed E-state index contributed by atoms with van der Waals surface area (Å²) in [5.41, 5.74) is 7.33. The number of fused-ring (bicyclic) bond motifs is 1. The Labute approximate surface area is 128 Å². The first kappa shape index (κ1) is 14.0. The summed E-state index contributed by atoms with van der Waals surface area (Å²) in [5, 5.41) is 0. The van der Waals surface area contributed by atoms with Crippen molar-refractivity contribution in [2.24, 2.45) is 0 Å². The number of anilines is 1. The van der Waals surface area contributed by atoms with E-state index in [0.717, 1.165) is 5.56 Å². The summed E-state index contributed by atoms with van der Waals surface area (Å²) < 4.78 is 27.9. The van der Waals surface area contributed by atoms with Crippen LogP contribution in [-0.4, -0.2) is 10.8 Å². The number of hydrogen-bond donors (Lipinski definition) is 1. The molecule has 0 bridgehead atoms. The highest BCUT2D eigenvalue weighted by Gasteiger charge is 2.29. The van der Waals surface area contributed by atoms with Gasteiger partial charge in [0.2, 0.25) is 0 Å². The van der Waals surface area contributed by atoms with Crippen LogP contribution < -0.4 is 5.73 Å². The molecule has 0 radical (unpaired) electrons. The Hall–Kier alpha value is -1.95. The minimum Gasteiger partial charge on any atom is -0.399 e. The fraction of sp³-hybridized carbons (Fsp3) is 0.133. The van der Waals surface area contributed by atoms with Crippen molar-refractivity contribution in [3.63, 3.8) is 0 Å². The zero-order valence-corrected chi connectivity index (χ0v) is 12.5. The first-order valence-electron chi connectivity index (χ1n) is 6.27. The van der Waals surface area contributed by atoms with E-state index in [2.05, 4.69) is 15.9 Å². The molecule has 0 saturated carbocycles. The highest BCUT2D eigenvalue weighted by Crippen LogP contribution is 2.29. The van der Waals surface area contributed by atoms with Crippen LogP contribution in [0.2, 0.25) is 0 Å². The molecule has 3 nitrogen and oxygen atoms in total. The second-order valence-electron chi connectivity index (χ2n) is 4.90. The minimum atomic E-state index is -0.682. The quantitative estimate of drug-likeness (QED) is 0.664. The van der Waals surface area contributed by atoms with Crippen LogP contribution in [0, 0.1) is 11.6 Å². The van der Waals surface area contributed by atoms with Crippen molar-refractivity contribution in [1.82, 2.24) is 4.90 Å². The Balaban J connectivity index is 1.92. The Morgan fingerprint density at radius 1 is 1.24 bits per heavy atom. The van der Waals surface area contributed by atoms with Crippen molar-refractivity contribution >= 4 is 27.5 Å². The number of carbonyl (C=O) groups excluding carboxylic acids is 1. The Kier molecular flexibility index (Phi) is 3.41. The van der Waals surface area contributed by atoms with Gasteiger partial charge in [0.15, 0.2) is 0 Å². The molecule has 1 aliphatic heterocycles. The maximum atomic E-state index is 14.0. The van der Waals surface area contributed by atoms with E-state index in [1.165, 1.54) is 17.0 Å². The van der Waals surface area contributed by atoms with Gasteiger partial charge in [-0.1, -0.05) is 6.07 Å². The summed E-state index contributed by atoms with van der Waals surface area (Å²) in [6, 6.07) is 7.53. The first-order chi connectivity index (χ1) is 9.97. The molecule has 3 rings (SSSR count). The van der Waals surface area contributed by atoms with E-state index < -0.39 is 11.6 Å². The third-order valence-electron chi connectivity index (χ3n) is 3.50. The monoisotopic (exact) mass is 352 g/mol. The summed E-state index contributed by atoms with van der Waals surface area (Å²) in [6.45, 7) is 0.199. The topological polar surface area (TPSA) is 46.3 Å². The van der Waals surface area contributed by atoms with Crippen LogP contribution in [-0.2, 0) is 13.1 Å². The molecule has 0 aliphatic carbocycles. The van der Waals surface area contributed by atoms with Gasteiger partial charge in [0.1, 0.15) is 11.6 Å². The average Bonchev–Trinajstić information content (AvgIpc) is 2.76. The number of rotatable bonds is 2. The number of nitrogens with zero attached hydrogens (tertiary/aromatic N) is 1. The number of halogens is 3. The van der Waals surface area contributed by atoms with Gasteiger partial charge in [0.05, 0.1) is 11.0 Å². The van der Waals surface area contributed by atoms with Gasteiger partial charge in [0, 0.05) is 23.4 Å². The van der Waals surface area contributed by atoms with Gasteiger partial charge in [-0.25, -0.2) is 8.78 Å². The first-order valence-corrected chi connectivity index (χ1v) is 7.06. The number of amides is 1. The Morgan fingerprint density at radius 2 is 2.00 bits per heavy atom. The maximum absolute atomic E-state index is 14.0. The number of hydrogen-bond acceptors (Lipinski definition) is 2. The molecular weight excluding hydrogens is 342 g/mol. The molecule has 108 valence electrons. The number of nitrogen functional groups attached to an aromatic ring is 1. The molecule has 2 aromatic rings. The standard InChI is InChI=1S/C15H11BrF2N2O/c16-12-3-4-13(17)11(14(12)18)7-20-6-8-1-2-9(19)5-10(8)15(20)21/h1-5H,6-7,19H2. The van der Waals surface area contributed by atoms with Crippen LogP contribution in [0.5, 0.6) is 0 Å². The van der Waals surface area contributed by atoms with Crippen LogP contribution >= 0.6 is 15.9 Å². The summed E-state index contributed by atoms with van der Waals surface area (Å²) in [4.78, 5) is 13.7. The Bertz CT molecular complexity index is 749. The number of nitrogens with two attached hydrogens (primary N) is 1. The van der Waals surface area contributed by atoms with Gasteiger partial charge < -0.3 is 10.6 Å². The van der Waals surface area contributed by atoms with Crippen LogP contribution in [0.3, 0.4) is 0 Å². The third kappa shape index (κ3) is 2.40. The van der Waals surface area contributed by atoms with Crippen molar-refractivity contribution in [1.29, 1.82) is 0 Å². The number of carbonyl (C=O) groups is 1. The van der Waals surface area contributed by atoms with Crippen molar-refractivity contribution in [3.05, 3.63) is 63.1 Å². The van der Waals surface area contributed by atoms with E-state index in [1.54, 1.807) is 18.2 Å². The van der Waals surface area contributed by atoms with Gasteiger partial charge in [-0.3, -0.25) is 4.79 Å². The second-order valence-corrected chi connectivity index (χ2v) is 5.75. The van der Waals surface area contributed by atoms with Gasteiger partial charge in [-0.15, -0.1) is 0 Å². The molecule has 0 unspecified atom stereocenters. The maximum Gasteiger partial charge on any atom is 0.254 e. The van der Waals surface area contributed by atoms with Crippen molar-refractivity contribution < 1.29 is 13.6 Å². The fourth-order valence-electron chi connectivity index (χ4n) is 2.41. The molecule has 6 heteroatoms. The summed E-state index contributed by atoms with van der Waals surface area (Å²) in [5.74, 6) is -1.62. The van der Waals surface area contributed by atoms with E-state index in [9.17, 15) is 13.6 Å². The van der Waals surface area contributed by atoms with Gasteiger partial charge in [0.25, 0.3) is 5.91 Å². The minimum absolute atomic E-state index is 0.121. The lowest BCUT2D eigenvalue weighted by Gasteiger charge is -2.17. The van der Waals surface area contributed by atoms with Crippen LogP contribution in [0.4, 0.5) is 14.5 Å². The van der Waals surface area contributed by atoms with E-state index in [4.69, 9.17) is 5.73 Å². The van der Waals surface area contributed by atoms with E-state index >= 15 is 0 Å². The molecule has 0 atom stereocenters. The molecule has 1 amide bonds. The van der Waals surface area contributed by atoms with Gasteiger partial charge >= 0.3 is 0 Å². The molecule has 2 aromatic carbocycles. The van der Waals surface area contributed by atoms with Gasteiger partial charge in [-0.2, -0.15) is 0 Å². The third-order valence-corrected chi connectivity index (χ3v) is 4.11. The van der Waals surface area contributed by atoms with Crippen LogP contribution in [0.1, 0.15) is 21.5 Å². The number of benzene rings is 2. The molecule has 21 heavy (non-hydrogen) atoms. The molecule has 0 aromatic heterocycles. The van der Waals surface area contributed by atoms with Crippen molar-refractivity contribution in [2.75, 3.05) is 5.73 Å². The zero-order chi connectivity index (χ0) is 15.1. The summed E-state index contributed by atoms with van der Waals surface area (Å²) >= 11 is 3.02. The normalized spacial score (nSPS) is 13.7. The second kappa shape index (κ2) is 5.11. The molecule has 1 heterocycles.